The lowest BCUT2D eigenvalue weighted by Crippen LogP contribution is -2.49. The topological polar surface area (TPSA) is 86.8 Å². The Morgan fingerprint density at radius 1 is 1.08 bits per heavy atom. The molecule has 36 heavy (non-hydrogen) atoms. The second-order valence-electron chi connectivity index (χ2n) is 8.68. The second-order valence-corrected chi connectivity index (χ2v) is 11.5. The molecule has 0 aromatic heterocycles. The number of carbonyl (C=O) groups excluding carboxylic acids is 2. The minimum Gasteiger partial charge on any atom is -0.352 e. The number of sulfonamides is 1. The summed E-state index contributed by atoms with van der Waals surface area (Å²) in [5, 5.41) is 2.89. The third-order valence-corrected chi connectivity index (χ3v) is 7.44. The standard InChI is InChI=1S/C25H32BrF2N3O4S/c1-5-17(2)29-25(33)18(3)30(16-19-8-6-9-20(26)14-19)24(32)10-7-13-31(36(4,34)35)21-11-12-22(27)23(28)15-21/h6,8-9,11-12,14-15,17-18H,5,7,10,13,16H2,1-4H3,(H,29,33)/t17-,18+/m1/s1. The quantitative estimate of drug-likeness (QED) is 0.393. The summed E-state index contributed by atoms with van der Waals surface area (Å²) in [5.41, 5.74) is 0.789. The Balaban J connectivity index is 2.19. The Bertz CT molecular complexity index is 1180. The van der Waals surface area contributed by atoms with E-state index in [1.54, 1.807) is 6.92 Å². The van der Waals surface area contributed by atoms with Gasteiger partial charge in [0.05, 0.1) is 11.9 Å². The van der Waals surface area contributed by atoms with E-state index in [1.165, 1.54) is 11.0 Å². The average Bonchev–Trinajstić information content (AvgIpc) is 2.80. The molecular formula is C25H32BrF2N3O4S. The zero-order valence-corrected chi connectivity index (χ0v) is 23.2. The molecule has 11 heteroatoms. The summed E-state index contributed by atoms with van der Waals surface area (Å²) < 4.78 is 53.4. The van der Waals surface area contributed by atoms with Gasteiger partial charge in [0, 0.05) is 36.1 Å². The molecule has 2 aromatic rings. The van der Waals surface area contributed by atoms with Crippen LogP contribution in [0, 0.1) is 11.6 Å². The Labute approximate surface area is 220 Å². The summed E-state index contributed by atoms with van der Waals surface area (Å²) in [6, 6.07) is 9.40. The fourth-order valence-electron chi connectivity index (χ4n) is 3.52. The van der Waals surface area contributed by atoms with Crippen molar-refractivity contribution in [3.8, 4) is 0 Å². The molecule has 0 saturated heterocycles. The van der Waals surface area contributed by atoms with Crippen LogP contribution in [0.2, 0.25) is 0 Å². The molecule has 0 bridgehead atoms. The van der Waals surface area contributed by atoms with Crippen molar-refractivity contribution in [1.82, 2.24) is 10.2 Å². The number of hydrogen-bond acceptors (Lipinski definition) is 4. The van der Waals surface area contributed by atoms with Crippen LogP contribution < -0.4 is 9.62 Å². The molecule has 0 aliphatic rings. The van der Waals surface area contributed by atoms with Crippen molar-refractivity contribution in [1.29, 1.82) is 0 Å². The Hall–Kier alpha value is -2.53. The number of amides is 2. The molecule has 0 heterocycles. The number of hydrogen-bond donors (Lipinski definition) is 1. The minimum absolute atomic E-state index is 0.0314. The lowest BCUT2D eigenvalue weighted by molar-refractivity contribution is -0.140. The number of benzene rings is 2. The maximum Gasteiger partial charge on any atom is 0.242 e. The molecule has 0 unspecified atom stereocenters. The normalized spacial score (nSPS) is 13.1. The number of halogens is 3. The van der Waals surface area contributed by atoms with Gasteiger partial charge < -0.3 is 10.2 Å². The van der Waals surface area contributed by atoms with E-state index in [9.17, 15) is 26.8 Å². The van der Waals surface area contributed by atoms with Crippen LogP contribution in [-0.4, -0.2) is 50.0 Å². The van der Waals surface area contributed by atoms with Gasteiger partial charge in [-0.25, -0.2) is 17.2 Å². The molecule has 1 N–H and O–H groups in total. The predicted molar refractivity (Wildman–Crippen MR) is 140 cm³/mol. The van der Waals surface area contributed by atoms with E-state index < -0.39 is 27.7 Å². The Kier molecular flexibility index (Phi) is 10.8. The average molecular weight is 589 g/mol. The highest BCUT2D eigenvalue weighted by Crippen LogP contribution is 2.22. The number of carbonyl (C=O) groups is 2. The summed E-state index contributed by atoms with van der Waals surface area (Å²) >= 11 is 3.41. The smallest absolute Gasteiger partial charge is 0.242 e. The molecule has 198 valence electrons. The largest absolute Gasteiger partial charge is 0.352 e. The first-order chi connectivity index (χ1) is 16.8. The van der Waals surface area contributed by atoms with E-state index in [-0.39, 0.29) is 49.5 Å². The van der Waals surface area contributed by atoms with Gasteiger partial charge in [0.2, 0.25) is 21.8 Å². The summed E-state index contributed by atoms with van der Waals surface area (Å²) in [7, 11) is -3.82. The van der Waals surface area contributed by atoms with Gasteiger partial charge in [0.25, 0.3) is 0 Å². The van der Waals surface area contributed by atoms with Gasteiger partial charge in [0.15, 0.2) is 11.6 Å². The van der Waals surface area contributed by atoms with E-state index >= 15 is 0 Å². The lowest BCUT2D eigenvalue weighted by atomic mass is 10.1. The van der Waals surface area contributed by atoms with Gasteiger partial charge in [-0.05, 0) is 56.5 Å². The van der Waals surface area contributed by atoms with Crippen molar-refractivity contribution in [2.24, 2.45) is 0 Å². The van der Waals surface area contributed by atoms with Gasteiger partial charge in [0.1, 0.15) is 6.04 Å². The van der Waals surface area contributed by atoms with Gasteiger partial charge in [-0.2, -0.15) is 0 Å². The van der Waals surface area contributed by atoms with E-state index in [4.69, 9.17) is 0 Å². The summed E-state index contributed by atoms with van der Waals surface area (Å²) in [4.78, 5) is 27.5. The van der Waals surface area contributed by atoms with Gasteiger partial charge in [-0.1, -0.05) is 35.0 Å². The maximum atomic E-state index is 13.7. The van der Waals surface area contributed by atoms with Crippen LogP contribution in [0.15, 0.2) is 46.9 Å². The Morgan fingerprint density at radius 3 is 2.36 bits per heavy atom. The molecule has 0 spiro atoms. The van der Waals surface area contributed by atoms with Crippen LogP contribution in [-0.2, 0) is 26.2 Å². The van der Waals surface area contributed by atoms with Crippen LogP contribution in [0.1, 0.15) is 45.6 Å². The highest BCUT2D eigenvalue weighted by molar-refractivity contribution is 9.10. The number of rotatable bonds is 12. The van der Waals surface area contributed by atoms with Crippen LogP contribution in [0.5, 0.6) is 0 Å². The monoisotopic (exact) mass is 587 g/mol. The van der Waals surface area contributed by atoms with Crippen molar-refractivity contribution in [2.45, 2.75) is 58.7 Å². The molecule has 2 atom stereocenters. The van der Waals surface area contributed by atoms with Crippen LogP contribution in [0.4, 0.5) is 14.5 Å². The van der Waals surface area contributed by atoms with E-state index in [1.807, 2.05) is 38.1 Å². The predicted octanol–water partition coefficient (Wildman–Crippen LogP) is 4.61. The molecule has 0 fully saturated rings. The van der Waals surface area contributed by atoms with Gasteiger partial charge in [-0.15, -0.1) is 0 Å². The van der Waals surface area contributed by atoms with E-state index in [0.717, 1.165) is 39.2 Å². The highest BCUT2D eigenvalue weighted by atomic mass is 79.9. The maximum absolute atomic E-state index is 13.7. The van der Waals surface area contributed by atoms with Gasteiger partial charge in [-0.3, -0.25) is 13.9 Å². The van der Waals surface area contributed by atoms with E-state index in [2.05, 4.69) is 21.2 Å². The van der Waals surface area contributed by atoms with Crippen LogP contribution in [0.3, 0.4) is 0 Å². The van der Waals surface area contributed by atoms with E-state index in [0.29, 0.717) is 0 Å². The lowest BCUT2D eigenvalue weighted by Gasteiger charge is -2.30. The van der Waals surface area contributed by atoms with Crippen molar-refractivity contribution in [2.75, 3.05) is 17.1 Å². The molecule has 0 aliphatic carbocycles. The number of nitrogens with zero attached hydrogens (tertiary/aromatic N) is 2. The fourth-order valence-corrected chi connectivity index (χ4v) is 4.93. The first-order valence-corrected chi connectivity index (χ1v) is 14.2. The third-order valence-electron chi connectivity index (χ3n) is 5.75. The van der Waals surface area contributed by atoms with Crippen LogP contribution in [0.25, 0.3) is 0 Å². The first-order valence-electron chi connectivity index (χ1n) is 11.6. The molecular weight excluding hydrogens is 556 g/mol. The summed E-state index contributed by atoms with van der Waals surface area (Å²) in [6.07, 6.45) is 1.75. The Morgan fingerprint density at radius 2 is 1.78 bits per heavy atom. The van der Waals surface area contributed by atoms with Crippen molar-refractivity contribution >= 4 is 43.5 Å². The molecule has 0 radical (unpaired) electrons. The highest BCUT2D eigenvalue weighted by Gasteiger charge is 2.27. The van der Waals surface area contributed by atoms with Crippen molar-refractivity contribution in [3.63, 3.8) is 0 Å². The molecule has 2 aromatic carbocycles. The summed E-state index contributed by atoms with van der Waals surface area (Å²) in [6.45, 7) is 5.54. The number of nitrogens with one attached hydrogen (secondary N) is 1. The molecule has 7 nitrogen and oxygen atoms in total. The van der Waals surface area contributed by atoms with Crippen LogP contribution >= 0.6 is 15.9 Å². The zero-order chi connectivity index (χ0) is 27.0. The third kappa shape index (κ3) is 8.55. The zero-order valence-electron chi connectivity index (χ0n) is 20.8. The summed E-state index contributed by atoms with van der Waals surface area (Å²) in [5.74, 6) is -2.87. The molecule has 2 rings (SSSR count). The molecule has 0 aliphatic heterocycles. The SMILES string of the molecule is CC[C@@H](C)NC(=O)[C@H](C)N(Cc1cccc(Br)c1)C(=O)CCCN(c1ccc(F)c(F)c1)S(C)(=O)=O. The molecule has 0 saturated carbocycles. The fraction of sp³-hybridized carbons (Fsp3) is 0.440. The molecule has 2 amide bonds. The van der Waals surface area contributed by atoms with Crippen molar-refractivity contribution in [3.05, 3.63) is 64.1 Å². The number of anilines is 1. The minimum atomic E-state index is -3.82. The van der Waals surface area contributed by atoms with Crippen molar-refractivity contribution < 1.29 is 26.8 Å². The first kappa shape index (κ1) is 29.7. The second kappa shape index (κ2) is 13.1. The van der Waals surface area contributed by atoms with Gasteiger partial charge >= 0.3 is 0 Å².